The molecule has 1 heterocycles. The van der Waals surface area contributed by atoms with Gasteiger partial charge in [-0.3, -0.25) is 4.98 Å². The summed E-state index contributed by atoms with van der Waals surface area (Å²) in [5, 5.41) is 12.8. The van der Waals surface area contributed by atoms with Crippen LogP contribution in [0.4, 0.5) is 0 Å². The van der Waals surface area contributed by atoms with Gasteiger partial charge in [0.2, 0.25) is 0 Å². The zero-order valence-electron chi connectivity index (χ0n) is 15.7. The van der Waals surface area contributed by atoms with Crippen molar-refractivity contribution in [3.63, 3.8) is 0 Å². The van der Waals surface area contributed by atoms with Crippen LogP contribution in [0.15, 0.2) is 36.5 Å². The SMILES string of the molecule is COc1cc2ccnc(C(O)c3cc(C)c(OC)c(C)c3)c2cc1OC. The van der Waals surface area contributed by atoms with Gasteiger partial charge >= 0.3 is 0 Å². The first-order valence-electron chi connectivity index (χ1n) is 8.34. The molecule has 2 aromatic carbocycles. The van der Waals surface area contributed by atoms with Crippen molar-refractivity contribution in [2.24, 2.45) is 0 Å². The predicted octanol–water partition coefficient (Wildman–Crippen LogP) is 3.96. The van der Waals surface area contributed by atoms with Crippen LogP contribution < -0.4 is 14.2 Å². The molecule has 3 aromatic rings. The minimum absolute atomic E-state index is 0.576. The third kappa shape index (κ3) is 3.06. The van der Waals surface area contributed by atoms with Gasteiger partial charge in [0.25, 0.3) is 0 Å². The summed E-state index contributed by atoms with van der Waals surface area (Å²) in [4.78, 5) is 4.44. The van der Waals surface area contributed by atoms with E-state index in [2.05, 4.69) is 4.98 Å². The number of aromatic nitrogens is 1. The van der Waals surface area contributed by atoms with E-state index in [1.807, 2.05) is 44.2 Å². The monoisotopic (exact) mass is 353 g/mol. The van der Waals surface area contributed by atoms with Crippen molar-refractivity contribution in [3.8, 4) is 17.2 Å². The van der Waals surface area contributed by atoms with E-state index in [9.17, 15) is 5.11 Å². The quantitative estimate of drug-likeness (QED) is 0.752. The van der Waals surface area contributed by atoms with Gasteiger partial charge < -0.3 is 19.3 Å². The number of benzene rings is 2. The Balaban J connectivity index is 2.15. The molecule has 0 aliphatic heterocycles. The maximum absolute atomic E-state index is 11.0. The first-order chi connectivity index (χ1) is 12.5. The van der Waals surface area contributed by atoms with Gasteiger partial charge in [-0.1, -0.05) is 0 Å². The fourth-order valence-electron chi connectivity index (χ4n) is 3.36. The Morgan fingerprint density at radius 1 is 0.885 bits per heavy atom. The number of methoxy groups -OCH3 is 3. The average Bonchev–Trinajstić information content (AvgIpc) is 2.65. The lowest BCUT2D eigenvalue weighted by Gasteiger charge is -2.17. The molecule has 26 heavy (non-hydrogen) atoms. The van der Waals surface area contributed by atoms with E-state index in [0.717, 1.165) is 33.2 Å². The number of fused-ring (bicyclic) bond motifs is 1. The fraction of sp³-hybridized carbons (Fsp3) is 0.286. The Kier molecular flexibility index (Phi) is 5.00. The van der Waals surface area contributed by atoms with Crippen molar-refractivity contribution in [1.82, 2.24) is 4.98 Å². The Morgan fingerprint density at radius 3 is 2.08 bits per heavy atom. The third-order valence-electron chi connectivity index (χ3n) is 4.56. The molecular formula is C21H23NO4. The summed E-state index contributed by atoms with van der Waals surface area (Å²) >= 11 is 0. The summed E-state index contributed by atoms with van der Waals surface area (Å²) in [5.74, 6) is 2.07. The number of pyridine rings is 1. The van der Waals surface area contributed by atoms with Crippen LogP contribution in [0, 0.1) is 13.8 Å². The second kappa shape index (κ2) is 7.22. The first-order valence-corrected chi connectivity index (χ1v) is 8.34. The third-order valence-corrected chi connectivity index (χ3v) is 4.56. The molecule has 0 amide bonds. The Morgan fingerprint density at radius 2 is 1.50 bits per heavy atom. The van der Waals surface area contributed by atoms with E-state index in [1.54, 1.807) is 27.5 Å². The summed E-state index contributed by atoms with van der Waals surface area (Å²) in [7, 11) is 4.84. The van der Waals surface area contributed by atoms with Crippen LogP contribution in [0.1, 0.15) is 28.5 Å². The minimum Gasteiger partial charge on any atom is -0.496 e. The molecule has 0 saturated heterocycles. The predicted molar refractivity (Wildman–Crippen MR) is 101 cm³/mol. The molecule has 0 bridgehead atoms. The molecule has 0 aliphatic rings. The van der Waals surface area contributed by atoms with E-state index in [4.69, 9.17) is 14.2 Å². The van der Waals surface area contributed by atoms with Crippen molar-refractivity contribution in [3.05, 3.63) is 58.9 Å². The zero-order chi connectivity index (χ0) is 18.8. The van der Waals surface area contributed by atoms with Crippen LogP contribution in [-0.4, -0.2) is 31.4 Å². The van der Waals surface area contributed by atoms with Gasteiger partial charge in [0.1, 0.15) is 11.9 Å². The Bertz CT molecular complexity index is 929. The lowest BCUT2D eigenvalue weighted by molar-refractivity contribution is 0.217. The fourth-order valence-corrected chi connectivity index (χ4v) is 3.36. The van der Waals surface area contributed by atoms with Crippen molar-refractivity contribution in [2.45, 2.75) is 20.0 Å². The smallest absolute Gasteiger partial charge is 0.161 e. The molecule has 0 radical (unpaired) electrons. The number of hydrogen-bond acceptors (Lipinski definition) is 5. The number of aliphatic hydroxyl groups excluding tert-OH is 1. The lowest BCUT2D eigenvalue weighted by Crippen LogP contribution is -2.05. The molecule has 0 fully saturated rings. The van der Waals surface area contributed by atoms with Crippen molar-refractivity contribution in [1.29, 1.82) is 0 Å². The van der Waals surface area contributed by atoms with Gasteiger partial charge in [-0.05, 0) is 66.3 Å². The molecule has 5 nitrogen and oxygen atoms in total. The van der Waals surface area contributed by atoms with Crippen molar-refractivity contribution >= 4 is 10.8 Å². The molecule has 1 unspecified atom stereocenters. The molecule has 0 aliphatic carbocycles. The highest BCUT2D eigenvalue weighted by Gasteiger charge is 2.19. The van der Waals surface area contributed by atoms with Gasteiger partial charge in [0.05, 0.1) is 27.0 Å². The highest BCUT2D eigenvalue weighted by molar-refractivity contribution is 5.88. The van der Waals surface area contributed by atoms with Gasteiger partial charge in [-0.15, -0.1) is 0 Å². The van der Waals surface area contributed by atoms with E-state index < -0.39 is 6.10 Å². The normalized spacial score (nSPS) is 12.1. The number of nitrogens with zero attached hydrogens (tertiary/aromatic N) is 1. The summed E-state index contributed by atoms with van der Waals surface area (Å²) in [6, 6.07) is 9.48. The van der Waals surface area contributed by atoms with Crippen LogP contribution in [0.25, 0.3) is 10.8 Å². The van der Waals surface area contributed by atoms with Crippen molar-refractivity contribution < 1.29 is 19.3 Å². The number of aliphatic hydroxyl groups is 1. The average molecular weight is 353 g/mol. The molecule has 5 heteroatoms. The first kappa shape index (κ1) is 18.0. The van der Waals surface area contributed by atoms with Crippen LogP contribution in [0.3, 0.4) is 0 Å². The summed E-state index contributed by atoms with van der Waals surface area (Å²) in [5.41, 5.74) is 3.30. The largest absolute Gasteiger partial charge is 0.496 e. The second-order valence-corrected chi connectivity index (χ2v) is 6.22. The topological polar surface area (TPSA) is 60.8 Å². The minimum atomic E-state index is -0.861. The van der Waals surface area contributed by atoms with Crippen LogP contribution in [0.2, 0.25) is 0 Å². The molecule has 0 spiro atoms. The van der Waals surface area contributed by atoms with Gasteiger partial charge in [-0.25, -0.2) is 0 Å². The van der Waals surface area contributed by atoms with Gasteiger partial charge in [-0.2, -0.15) is 0 Å². The number of aryl methyl sites for hydroxylation is 2. The van der Waals surface area contributed by atoms with Gasteiger partial charge in [0.15, 0.2) is 11.5 Å². The second-order valence-electron chi connectivity index (χ2n) is 6.22. The summed E-state index contributed by atoms with van der Waals surface area (Å²) in [6.07, 6.45) is 0.830. The van der Waals surface area contributed by atoms with Crippen LogP contribution in [-0.2, 0) is 0 Å². The summed E-state index contributed by atoms with van der Waals surface area (Å²) in [6.45, 7) is 3.93. The van der Waals surface area contributed by atoms with Crippen LogP contribution >= 0.6 is 0 Å². The van der Waals surface area contributed by atoms with Gasteiger partial charge in [0, 0.05) is 11.6 Å². The zero-order valence-corrected chi connectivity index (χ0v) is 15.7. The maximum atomic E-state index is 11.0. The van der Waals surface area contributed by atoms with Crippen molar-refractivity contribution in [2.75, 3.05) is 21.3 Å². The Labute approximate surface area is 153 Å². The maximum Gasteiger partial charge on any atom is 0.161 e. The van der Waals surface area contributed by atoms with E-state index in [1.165, 1.54) is 0 Å². The molecular weight excluding hydrogens is 330 g/mol. The molecule has 1 aromatic heterocycles. The molecule has 1 atom stereocenters. The van der Waals surface area contributed by atoms with E-state index >= 15 is 0 Å². The standard InChI is InChI=1S/C21H23NO4/c1-12-8-15(9-13(2)21(12)26-5)20(23)19-16-11-18(25-4)17(24-3)10-14(16)6-7-22-19/h6-11,20,23H,1-5H3. The molecule has 3 rings (SSSR count). The summed E-state index contributed by atoms with van der Waals surface area (Å²) < 4.78 is 16.2. The van der Waals surface area contributed by atoms with Crippen LogP contribution in [0.5, 0.6) is 17.2 Å². The number of hydrogen-bond donors (Lipinski definition) is 1. The highest BCUT2D eigenvalue weighted by atomic mass is 16.5. The Hall–Kier alpha value is -2.79. The number of ether oxygens (including phenoxy) is 3. The molecule has 136 valence electrons. The molecule has 0 saturated carbocycles. The lowest BCUT2D eigenvalue weighted by atomic mass is 9.97. The number of rotatable bonds is 5. The molecule has 1 N–H and O–H groups in total. The highest BCUT2D eigenvalue weighted by Crippen LogP contribution is 2.36. The van der Waals surface area contributed by atoms with E-state index in [0.29, 0.717) is 17.2 Å². The van der Waals surface area contributed by atoms with E-state index in [-0.39, 0.29) is 0 Å².